The summed E-state index contributed by atoms with van der Waals surface area (Å²) < 4.78 is 4.94. The van der Waals surface area contributed by atoms with E-state index in [4.69, 9.17) is 0 Å². The summed E-state index contributed by atoms with van der Waals surface area (Å²) in [7, 11) is 0. The molecule has 314 valence electrons. The van der Waals surface area contributed by atoms with Gasteiger partial charge < -0.3 is 14.0 Å². The maximum atomic E-state index is 2.47. The van der Waals surface area contributed by atoms with Crippen LogP contribution in [0.15, 0.2) is 261 Å². The third-order valence-electron chi connectivity index (χ3n) is 13.5. The summed E-state index contributed by atoms with van der Waals surface area (Å²) in [5.74, 6) is 0. The van der Waals surface area contributed by atoms with E-state index in [2.05, 4.69) is 275 Å². The molecule has 2 heterocycles. The fourth-order valence-corrected chi connectivity index (χ4v) is 10.4. The van der Waals surface area contributed by atoms with Crippen molar-refractivity contribution in [2.75, 3.05) is 4.90 Å². The Morgan fingerprint density at radius 2 is 0.701 bits per heavy atom. The van der Waals surface area contributed by atoms with Gasteiger partial charge in [-0.15, -0.1) is 0 Å². The number of nitrogens with zero attached hydrogens (tertiary/aromatic N) is 3. The minimum absolute atomic E-state index is 1.10. The van der Waals surface area contributed by atoms with Gasteiger partial charge in [-0.05, 0) is 129 Å². The van der Waals surface area contributed by atoms with Crippen molar-refractivity contribution in [2.45, 2.75) is 0 Å². The summed E-state index contributed by atoms with van der Waals surface area (Å²) in [4.78, 5) is 2.33. The molecule has 11 aromatic carbocycles. The normalized spacial score (nSPS) is 11.6. The Hall–Kier alpha value is -8.92. The van der Waals surface area contributed by atoms with E-state index < -0.39 is 0 Å². The van der Waals surface area contributed by atoms with E-state index in [0.29, 0.717) is 0 Å². The molecule has 0 atom stereocenters. The number of hydrogen-bond acceptors (Lipinski definition) is 1. The van der Waals surface area contributed by atoms with Crippen LogP contribution in [0.1, 0.15) is 0 Å². The highest BCUT2D eigenvalue weighted by Crippen LogP contribution is 2.47. The Morgan fingerprint density at radius 3 is 1.33 bits per heavy atom. The Bertz CT molecular complexity index is 3920. The van der Waals surface area contributed by atoms with E-state index in [1.807, 2.05) is 0 Å². The van der Waals surface area contributed by atoms with Gasteiger partial charge in [0.1, 0.15) is 0 Å². The van der Waals surface area contributed by atoms with Crippen molar-refractivity contribution in [2.24, 2.45) is 0 Å². The van der Waals surface area contributed by atoms with Crippen LogP contribution in [0.3, 0.4) is 0 Å². The first-order valence-corrected chi connectivity index (χ1v) is 23.0. The second-order valence-corrected chi connectivity index (χ2v) is 17.3. The van der Waals surface area contributed by atoms with E-state index in [1.54, 1.807) is 0 Å². The number of hydrogen-bond donors (Lipinski definition) is 0. The van der Waals surface area contributed by atoms with Crippen molar-refractivity contribution in [3.63, 3.8) is 0 Å². The molecule has 0 radical (unpaired) electrons. The maximum Gasteiger partial charge on any atom is 0.0795 e. The summed E-state index contributed by atoms with van der Waals surface area (Å²) in [6.45, 7) is 0. The van der Waals surface area contributed by atoms with Crippen LogP contribution in [0, 0.1) is 0 Å². The van der Waals surface area contributed by atoms with Crippen LogP contribution in [-0.2, 0) is 0 Å². The molecule has 0 bridgehead atoms. The predicted molar refractivity (Wildman–Crippen MR) is 284 cm³/mol. The molecule has 0 saturated carbocycles. The summed E-state index contributed by atoms with van der Waals surface area (Å²) in [5, 5.41) is 7.44. The topological polar surface area (TPSA) is 13.1 Å². The molecule has 0 fully saturated rings. The first kappa shape index (κ1) is 38.5. The smallest absolute Gasteiger partial charge is 0.0795 e. The van der Waals surface area contributed by atoms with Crippen LogP contribution in [0.5, 0.6) is 0 Å². The minimum Gasteiger partial charge on any atom is -0.311 e. The average molecular weight is 854 g/mol. The van der Waals surface area contributed by atoms with Crippen molar-refractivity contribution in [1.82, 2.24) is 9.13 Å². The zero-order chi connectivity index (χ0) is 44.3. The van der Waals surface area contributed by atoms with Crippen LogP contribution in [0.2, 0.25) is 0 Å². The molecule has 13 rings (SSSR count). The Labute approximate surface area is 389 Å². The highest BCUT2D eigenvalue weighted by Gasteiger charge is 2.24. The molecular formula is C64H43N3. The van der Waals surface area contributed by atoms with Crippen LogP contribution in [0.4, 0.5) is 17.1 Å². The van der Waals surface area contributed by atoms with Crippen molar-refractivity contribution in [3.05, 3.63) is 261 Å². The van der Waals surface area contributed by atoms with E-state index >= 15 is 0 Å². The van der Waals surface area contributed by atoms with Gasteiger partial charge in [-0.3, -0.25) is 0 Å². The fourth-order valence-electron chi connectivity index (χ4n) is 10.4. The van der Waals surface area contributed by atoms with E-state index in [0.717, 1.165) is 28.4 Å². The summed E-state index contributed by atoms with van der Waals surface area (Å²) in [5.41, 5.74) is 17.5. The van der Waals surface area contributed by atoms with Crippen molar-refractivity contribution < 1.29 is 0 Å². The maximum absolute atomic E-state index is 2.47. The van der Waals surface area contributed by atoms with Crippen LogP contribution in [0.25, 0.3) is 99.1 Å². The van der Waals surface area contributed by atoms with Gasteiger partial charge in [0.2, 0.25) is 0 Å². The van der Waals surface area contributed by atoms with Gasteiger partial charge in [-0.1, -0.05) is 176 Å². The first-order valence-electron chi connectivity index (χ1n) is 23.0. The minimum atomic E-state index is 1.10. The Morgan fingerprint density at radius 1 is 0.269 bits per heavy atom. The molecule has 3 nitrogen and oxygen atoms in total. The van der Waals surface area contributed by atoms with E-state index in [-0.39, 0.29) is 0 Å². The van der Waals surface area contributed by atoms with Crippen molar-refractivity contribution >= 4 is 71.4 Å². The zero-order valence-corrected chi connectivity index (χ0v) is 36.7. The molecular weight excluding hydrogens is 811 g/mol. The van der Waals surface area contributed by atoms with Gasteiger partial charge in [0, 0.05) is 50.0 Å². The third-order valence-corrected chi connectivity index (χ3v) is 13.5. The molecule has 0 unspecified atom stereocenters. The molecule has 3 heteroatoms. The molecule has 13 aromatic rings. The summed E-state index contributed by atoms with van der Waals surface area (Å²) >= 11 is 0. The fraction of sp³-hybridized carbons (Fsp3) is 0. The zero-order valence-electron chi connectivity index (χ0n) is 36.7. The lowest BCUT2D eigenvalue weighted by molar-refractivity contribution is 1.15. The number of anilines is 3. The molecule has 0 amide bonds. The predicted octanol–water partition coefficient (Wildman–Crippen LogP) is 17.5. The highest BCUT2D eigenvalue weighted by atomic mass is 15.1. The van der Waals surface area contributed by atoms with Crippen LogP contribution in [-0.4, -0.2) is 9.13 Å². The third kappa shape index (κ3) is 6.51. The van der Waals surface area contributed by atoms with Crippen molar-refractivity contribution in [1.29, 1.82) is 0 Å². The largest absolute Gasteiger partial charge is 0.311 e. The summed E-state index contributed by atoms with van der Waals surface area (Å²) in [6.07, 6.45) is 0. The van der Waals surface area contributed by atoms with Crippen LogP contribution >= 0.6 is 0 Å². The lowest BCUT2D eigenvalue weighted by Crippen LogP contribution is -2.09. The van der Waals surface area contributed by atoms with Gasteiger partial charge in [-0.25, -0.2) is 0 Å². The average Bonchev–Trinajstić information content (AvgIpc) is 3.93. The van der Waals surface area contributed by atoms with Gasteiger partial charge in [0.05, 0.1) is 22.1 Å². The molecule has 0 spiro atoms. The lowest BCUT2D eigenvalue weighted by Gasteiger charge is -2.26. The van der Waals surface area contributed by atoms with Crippen molar-refractivity contribution in [3.8, 4) is 44.8 Å². The molecule has 0 aliphatic carbocycles. The number of rotatable bonds is 8. The van der Waals surface area contributed by atoms with Gasteiger partial charge >= 0.3 is 0 Å². The standard InChI is InChI=1S/C64H43N3/c1-4-18-51(19-5-1)65(55-40-36-47(37-41-55)50-33-30-44-16-10-11-17-49(44)42-50)54-38-34-46(35-39-54)45-28-31-48(32-29-45)58-43-59-56-24-12-14-26-60(56)66(52-20-6-2-7-21-52)63(59)64-62(58)57-25-13-15-27-61(57)67(64)53-22-8-3-9-23-53/h1-43H. The van der Waals surface area contributed by atoms with Gasteiger partial charge in [-0.2, -0.15) is 0 Å². The highest BCUT2D eigenvalue weighted by molar-refractivity contribution is 6.28. The monoisotopic (exact) mass is 853 g/mol. The number of aromatic nitrogens is 2. The number of para-hydroxylation sites is 5. The Kier molecular flexibility index (Phi) is 9.17. The van der Waals surface area contributed by atoms with E-state index in [1.165, 1.54) is 87.8 Å². The molecule has 2 aromatic heterocycles. The molecule has 0 saturated heterocycles. The second-order valence-electron chi connectivity index (χ2n) is 17.3. The number of benzene rings is 11. The quantitative estimate of drug-likeness (QED) is 0.148. The SMILES string of the molecule is c1ccc(N(c2ccc(-c3ccc(-c4cc5c6ccccc6n(-c6ccccc6)c5c5c4c4ccccc4n5-c4ccccc4)cc3)cc2)c2ccc(-c3ccc4ccccc4c3)cc2)cc1. The van der Waals surface area contributed by atoms with Crippen LogP contribution < -0.4 is 4.90 Å². The van der Waals surface area contributed by atoms with E-state index in [9.17, 15) is 0 Å². The first-order chi connectivity index (χ1) is 33.2. The Balaban J connectivity index is 0.915. The molecule has 0 N–H and O–H groups in total. The summed E-state index contributed by atoms with van der Waals surface area (Å²) in [6, 6.07) is 94.8. The lowest BCUT2D eigenvalue weighted by atomic mass is 9.95. The second kappa shape index (κ2) is 16.0. The van der Waals surface area contributed by atoms with Gasteiger partial charge in [0.25, 0.3) is 0 Å². The molecule has 0 aliphatic rings. The number of fused-ring (bicyclic) bond motifs is 8. The molecule has 67 heavy (non-hydrogen) atoms. The van der Waals surface area contributed by atoms with Gasteiger partial charge in [0.15, 0.2) is 0 Å². The molecule has 0 aliphatic heterocycles.